The topological polar surface area (TPSA) is 50.4 Å². The first-order valence-electron chi connectivity index (χ1n) is 6.45. The molecule has 0 aliphatic carbocycles. The van der Waals surface area contributed by atoms with Crippen LogP contribution in [0.3, 0.4) is 0 Å². The van der Waals surface area contributed by atoms with Crippen LogP contribution in [-0.4, -0.2) is 44.7 Å². The quantitative estimate of drug-likeness (QED) is 0.679. The van der Waals surface area contributed by atoms with Crippen molar-refractivity contribution in [1.82, 2.24) is 10.6 Å². The zero-order valence-electron chi connectivity index (χ0n) is 10.8. The molecule has 2 N–H and O–H groups in total. The highest BCUT2D eigenvalue weighted by Crippen LogP contribution is 2.14. The summed E-state index contributed by atoms with van der Waals surface area (Å²) in [7, 11) is 0. The lowest BCUT2D eigenvalue weighted by Gasteiger charge is -2.28. The number of rotatable bonds is 7. The van der Waals surface area contributed by atoms with E-state index in [1.807, 2.05) is 6.92 Å². The predicted molar refractivity (Wildman–Crippen MR) is 64.6 cm³/mol. The number of nitrogens with one attached hydrogen (secondary N) is 2. The monoisotopic (exact) mass is 264 g/mol. The summed E-state index contributed by atoms with van der Waals surface area (Å²) in [5.41, 5.74) is 0. The van der Waals surface area contributed by atoms with E-state index in [9.17, 15) is 13.6 Å². The van der Waals surface area contributed by atoms with Crippen LogP contribution in [0, 0.1) is 5.92 Å². The van der Waals surface area contributed by atoms with Gasteiger partial charge in [0.15, 0.2) is 0 Å². The summed E-state index contributed by atoms with van der Waals surface area (Å²) in [5, 5.41) is 6.19. The maximum atomic E-state index is 11.8. The molecule has 0 aromatic heterocycles. The molecule has 0 radical (unpaired) electrons. The van der Waals surface area contributed by atoms with Gasteiger partial charge in [0.2, 0.25) is 5.91 Å². The van der Waals surface area contributed by atoms with Crippen molar-refractivity contribution in [2.45, 2.75) is 38.7 Å². The van der Waals surface area contributed by atoms with Crippen molar-refractivity contribution in [3.63, 3.8) is 0 Å². The number of hydrogen-bond acceptors (Lipinski definition) is 3. The molecule has 1 rings (SSSR count). The van der Waals surface area contributed by atoms with Gasteiger partial charge in [-0.1, -0.05) is 0 Å². The number of hydrogen-bond donors (Lipinski definition) is 2. The fourth-order valence-electron chi connectivity index (χ4n) is 2.09. The standard InChI is InChI=1S/C12H22F2N2O2/c1-9(10-3-2-5-15-7-10)16-12(17)4-6-18-8-11(13)14/h9-11,15H,2-8H2,1H3,(H,16,17). The highest BCUT2D eigenvalue weighted by molar-refractivity contribution is 5.76. The molecule has 1 aliphatic heterocycles. The molecule has 1 heterocycles. The van der Waals surface area contributed by atoms with E-state index >= 15 is 0 Å². The molecule has 2 atom stereocenters. The molecular weight excluding hydrogens is 242 g/mol. The van der Waals surface area contributed by atoms with Gasteiger partial charge in [0.05, 0.1) is 6.61 Å². The maximum absolute atomic E-state index is 11.8. The Bertz CT molecular complexity index is 246. The van der Waals surface area contributed by atoms with Gasteiger partial charge < -0.3 is 15.4 Å². The molecule has 0 aromatic rings. The molecule has 1 aliphatic rings. The zero-order valence-corrected chi connectivity index (χ0v) is 10.8. The molecule has 18 heavy (non-hydrogen) atoms. The zero-order chi connectivity index (χ0) is 13.4. The minimum Gasteiger partial charge on any atom is -0.375 e. The Balaban J connectivity index is 2.10. The number of ether oxygens (including phenoxy) is 1. The Morgan fingerprint density at radius 2 is 2.33 bits per heavy atom. The maximum Gasteiger partial charge on any atom is 0.261 e. The Morgan fingerprint density at radius 1 is 1.56 bits per heavy atom. The summed E-state index contributed by atoms with van der Waals surface area (Å²) in [5.74, 6) is 0.312. The van der Waals surface area contributed by atoms with Crippen molar-refractivity contribution >= 4 is 5.91 Å². The molecule has 4 nitrogen and oxygen atoms in total. The van der Waals surface area contributed by atoms with Crippen LogP contribution in [0.5, 0.6) is 0 Å². The minimum atomic E-state index is -2.47. The third-order valence-corrected chi connectivity index (χ3v) is 3.15. The SMILES string of the molecule is CC(NC(=O)CCOCC(F)F)C1CCCNC1. The van der Waals surface area contributed by atoms with Gasteiger partial charge in [-0.3, -0.25) is 4.79 Å². The first-order chi connectivity index (χ1) is 8.59. The molecule has 1 amide bonds. The highest BCUT2D eigenvalue weighted by Gasteiger charge is 2.20. The summed E-state index contributed by atoms with van der Waals surface area (Å²) in [4.78, 5) is 11.5. The average molecular weight is 264 g/mol. The lowest BCUT2D eigenvalue weighted by molar-refractivity contribution is -0.123. The van der Waals surface area contributed by atoms with Gasteiger partial charge in [-0.25, -0.2) is 8.78 Å². The van der Waals surface area contributed by atoms with Gasteiger partial charge in [0.25, 0.3) is 6.43 Å². The van der Waals surface area contributed by atoms with Crippen molar-refractivity contribution in [2.75, 3.05) is 26.3 Å². The third-order valence-electron chi connectivity index (χ3n) is 3.15. The number of halogens is 2. The number of amides is 1. The molecular formula is C12H22F2N2O2. The number of carbonyl (C=O) groups is 1. The largest absolute Gasteiger partial charge is 0.375 e. The molecule has 6 heteroatoms. The summed E-state index contributed by atoms with van der Waals surface area (Å²) >= 11 is 0. The molecule has 2 unspecified atom stereocenters. The van der Waals surface area contributed by atoms with Crippen LogP contribution >= 0.6 is 0 Å². The Hall–Kier alpha value is -0.750. The second kappa shape index (κ2) is 8.37. The van der Waals surface area contributed by atoms with E-state index in [1.54, 1.807) is 0 Å². The van der Waals surface area contributed by atoms with Crippen LogP contribution in [0.4, 0.5) is 8.78 Å². The minimum absolute atomic E-state index is 0.0474. The summed E-state index contributed by atoms with van der Waals surface area (Å²) in [6, 6.07) is 0.111. The van der Waals surface area contributed by atoms with Crippen LogP contribution in [0.25, 0.3) is 0 Å². The van der Waals surface area contributed by atoms with E-state index in [0.717, 1.165) is 25.9 Å². The van der Waals surface area contributed by atoms with E-state index in [-0.39, 0.29) is 25.0 Å². The van der Waals surface area contributed by atoms with E-state index in [4.69, 9.17) is 0 Å². The first-order valence-corrected chi connectivity index (χ1v) is 6.45. The van der Waals surface area contributed by atoms with E-state index in [0.29, 0.717) is 5.92 Å². The molecule has 1 fully saturated rings. The molecule has 1 saturated heterocycles. The fourth-order valence-corrected chi connectivity index (χ4v) is 2.09. The molecule has 0 aromatic carbocycles. The van der Waals surface area contributed by atoms with Gasteiger partial charge in [-0.05, 0) is 38.8 Å². The first kappa shape index (κ1) is 15.3. The fraction of sp³-hybridized carbons (Fsp3) is 0.917. The number of piperidine rings is 1. The highest BCUT2D eigenvalue weighted by atomic mass is 19.3. The van der Waals surface area contributed by atoms with Crippen LogP contribution in [0.2, 0.25) is 0 Å². The number of carbonyl (C=O) groups excluding carboxylic acids is 1. The van der Waals surface area contributed by atoms with Crippen molar-refractivity contribution in [1.29, 1.82) is 0 Å². The summed E-state index contributed by atoms with van der Waals surface area (Å²) < 4.78 is 28.2. The lowest BCUT2D eigenvalue weighted by Crippen LogP contribution is -2.44. The van der Waals surface area contributed by atoms with E-state index in [2.05, 4.69) is 15.4 Å². The molecule has 0 bridgehead atoms. The second-order valence-electron chi connectivity index (χ2n) is 4.68. The lowest BCUT2D eigenvalue weighted by atomic mass is 9.93. The summed E-state index contributed by atoms with van der Waals surface area (Å²) in [6.07, 6.45) is -0.101. The van der Waals surface area contributed by atoms with Crippen LogP contribution in [0.15, 0.2) is 0 Å². The summed E-state index contributed by atoms with van der Waals surface area (Å²) in [6.45, 7) is 3.39. The smallest absolute Gasteiger partial charge is 0.261 e. The van der Waals surface area contributed by atoms with Crippen LogP contribution in [0.1, 0.15) is 26.2 Å². The Kier molecular flexibility index (Phi) is 7.12. The van der Waals surface area contributed by atoms with Crippen molar-refractivity contribution in [3.05, 3.63) is 0 Å². The van der Waals surface area contributed by atoms with Gasteiger partial charge in [-0.15, -0.1) is 0 Å². The van der Waals surface area contributed by atoms with E-state index in [1.165, 1.54) is 0 Å². The average Bonchev–Trinajstić information content (AvgIpc) is 2.35. The van der Waals surface area contributed by atoms with Crippen molar-refractivity contribution in [3.8, 4) is 0 Å². The van der Waals surface area contributed by atoms with Gasteiger partial charge in [-0.2, -0.15) is 0 Å². The third kappa shape index (κ3) is 6.26. The van der Waals surface area contributed by atoms with Gasteiger partial charge in [0, 0.05) is 12.5 Å². The molecule has 0 saturated carbocycles. The normalized spacial score (nSPS) is 21.9. The van der Waals surface area contributed by atoms with Crippen LogP contribution in [-0.2, 0) is 9.53 Å². The van der Waals surface area contributed by atoms with Crippen LogP contribution < -0.4 is 10.6 Å². The Morgan fingerprint density at radius 3 is 2.94 bits per heavy atom. The predicted octanol–water partition coefficient (Wildman–Crippen LogP) is 1.16. The molecule has 106 valence electrons. The number of alkyl halides is 2. The van der Waals surface area contributed by atoms with Crippen molar-refractivity contribution in [2.24, 2.45) is 5.92 Å². The molecule has 0 spiro atoms. The van der Waals surface area contributed by atoms with E-state index < -0.39 is 13.0 Å². The second-order valence-corrected chi connectivity index (χ2v) is 4.68. The van der Waals surface area contributed by atoms with Crippen molar-refractivity contribution < 1.29 is 18.3 Å². The van der Waals surface area contributed by atoms with Gasteiger partial charge >= 0.3 is 0 Å². The van der Waals surface area contributed by atoms with Gasteiger partial charge in [0.1, 0.15) is 6.61 Å². The Labute approximate surface area is 106 Å².